The number of benzene rings is 1. The monoisotopic (exact) mass is 430 g/mol. The van der Waals surface area contributed by atoms with Gasteiger partial charge in [0.15, 0.2) is 0 Å². The molecule has 6 heteroatoms. The summed E-state index contributed by atoms with van der Waals surface area (Å²) in [4.78, 5) is 27.0. The number of carbonyl (C=O) groups is 2. The summed E-state index contributed by atoms with van der Waals surface area (Å²) in [6, 6.07) is 7.80. The molecule has 2 fully saturated rings. The van der Waals surface area contributed by atoms with Crippen LogP contribution in [0.2, 0.25) is 0 Å². The van der Waals surface area contributed by atoms with Gasteiger partial charge >= 0.3 is 0 Å². The summed E-state index contributed by atoms with van der Waals surface area (Å²) in [5.41, 5.74) is 0. The van der Waals surface area contributed by atoms with E-state index < -0.39 is 0 Å². The van der Waals surface area contributed by atoms with Crippen LogP contribution in [-0.4, -0.2) is 48.6 Å². The highest BCUT2D eigenvalue weighted by Gasteiger charge is 2.33. The van der Waals surface area contributed by atoms with Crippen molar-refractivity contribution >= 4 is 11.8 Å². The van der Waals surface area contributed by atoms with Gasteiger partial charge in [-0.15, -0.1) is 0 Å². The van der Waals surface area contributed by atoms with E-state index in [1.807, 2.05) is 43.0 Å². The molecule has 1 saturated heterocycles. The van der Waals surface area contributed by atoms with Crippen molar-refractivity contribution < 1.29 is 19.1 Å². The zero-order valence-electron chi connectivity index (χ0n) is 19.3. The van der Waals surface area contributed by atoms with Crippen molar-refractivity contribution in [1.82, 2.24) is 10.2 Å². The lowest BCUT2D eigenvalue weighted by molar-refractivity contribution is -0.138. The normalized spacial score (nSPS) is 22.3. The Balaban J connectivity index is 1.51. The molecule has 1 aromatic carbocycles. The Hall–Kier alpha value is -2.24. The van der Waals surface area contributed by atoms with Crippen molar-refractivity contribution in [3.05, 3.63) is 24.3 Å². The fraction of sp³-hybridized carbons (Fsp3) is 0.680. The molecule has 0 radical (unpaired) electrons. The lowest BCUT2D eigenvalue weighted by atomic mass is 9.90. The highest BCUT2D eigenvalue weighted by atomic mass is 16.5. The Morgan fingerprint density at radius 2 is 1.68 bits per heavy atom. The number of amides is 2. The first-order valence-electron chi connectivity index (χ1n) is 12.0. The molecule has 2 aliphatic rings. The van der Waals surface area contributed by atoms with Gasteiger partial charge in [0.1, 0.15) is 17.6 Å². The van der Waals surface area contributed by atoms with Crippen LogP contribution >= 0.6 is 0 Å². The van der Waals surface area contributed by atoms with E-state index in [-0.39, 0.29) is 35.8 Å². The number of nitrogens with one attached hydrogen (secondary N) is 1. The van der Waals surface area contributed by atoms with E-state index in [9.17, 15) is 9.59 Å². The number of piperidine rings is 1. The van der Waals surface area contributed by atoms with Crippen LogP contribution in [0, 0.1) is 11.8 Å². The molecule has 31 heavy (non-hydrogen) atoms. The summed E-state index contributed by atoms with van der Waals surface area (Å²) in [6.45, 7) is 8.00. The third-order valence-electron chi connectivity index (χ3n) is 6.29. The van der Waals surface area contributed by atoms with Crippen LogP contribution in [0.3, 0.4) is 0 Å². The number of hydrogen-bond donors (Lipinski definition) is 1. The van der Waals surface area contributed by atoms with Gasteiger partial charge < -0.3 is 19.7 Å². The summed E-state index contributed by atoms with van der Waals surface area (Å²) < 4.78 is 11.9. The Morgan fingerprint density at radius 1 is 1.03 bits per heavy atom. The van der Waals surface area contributed by atoms with Gasteiger partial charge in [0.05, 0.1) is 12.6 Å². The summed E-state index contributed by atoms with van der Waals surface area (Å²) in [6.07, 6.45) is 6.56. The molecule has 1 aliphatic carbocycles. The van der Waals surface area contributed by atoms with Crippen LogP contribution in [0.1, 0.15) is 65.7 Å². The van der Waals surface area contributed by atoms with Crippen LogP contribution in [0.5, 0.6) is 11.5 Å². The van der Waals surface area contributed by atoms with E-state index in [0.717, 1.165) is 56.4 Å². The minimum absolute atomic E-state index is 0.0114. The molecule has 3 rings (SSSR count). The Kier molecular flexibility index (Phi) is 8.61. The van der Waals surface area contributed by atoms with Crippen molar-refractivity contribution in [2.75, 3.05) is 19.7 Å². The Labute approximate surface area is 186 Å². The van der Waals surface area contributed by atoms with E-state index in [4.69, 9.17) is 9.47 Å². The van der Waals surface area contributed by atoms with E-state index in [1.54, 1.807) is 0 Å². The molecule has 6 nitrogen and oxygen atoms in total. The standard InChI is InChI=1S/C25H38N2O4/c1-4-17-30-20-9-11-21(12-10-20)31-23-8-6-5-7-22(23)26-24(28)19-13-15-27(16-14-19)25(29)18(2)3/h9-12,18-19,22-23H,4-8,13-17H2,1-3H3,(H,26,28)/t22-,23+/m0/s1. The second kappa shape index (κ2) is 11.4. The Bertz CT molecular complexity index is 711. The molecule has 2 atom stereocenters. The summed E-state index contributed by atoms with van der Waals surface area (Å²) >= 11 is 0. The van der Waals surface area contributed by atoms with Crippen LogP contribution in [0.25, 0.3) is 0 Å². The molecule has 1 aliphatic heterocycles. The minimum atomic E-state index is -0.0196. The van der Waals surface area contributed by atoms with Crippen molar-refractivity contribution in [2.45, 2.75) is 77.9 Å². The zero-order valence-corrected chi connectivity index (χ0v) is 19.3. The molecule has 0 spiro atoms. The first-order valence-corrected chi connectivity index (χ1v) is 12.0. The van der Waals surface area contributed by atoms with E-state index >= 15 is 0 Å². The maximum Gasteiger partial charge on any atom is 0.225 e. The number of hydrogen-bond acceptors (Lipinski definition) is 4. The maximum atomic E-state index is 12.9. The number of likely N-dealkylation sites (tertiary alicyclic amines) is 1. The summed E-state index contributed by atoms with van der Waals surface area (Å²) in [5.74, 6) is 1.96. The number of carbonyl (C=O) groups excluding carboxylic acids is 2. The lowest BCUT2D eigenvalue weighted by Crippen LogP contribution is -2.51. The molecule has 1 N–H and O–H groups in total. The predicted molar refractivity (Wildman–Crippen MR) is 121 cm³/mol. The third-order valence-corrected chi connectivity index (χ3v) is 6.29. The van der Waals surface area contributed by atoms with Gasteiger partial charge in [-0.1, -0.05) is 27.2 Å². The topological polar surface area (TPSA) is 67.9 Å². The van der Waals surface area contributed by atoms with Crippen molar-refractivity contribution in [3.8, 4) is 11.5 Å². The smallest absolute Gasteiger partial charge is 0.225 e. The highest BCUT2D eigenvalue weighted by molar-refractivity contribution is 5.81. The fourth-order valence-corrected chi connectivity index (χ4v) is 4.44. The molecular formula is C25H38N2O4. The molecule has 1 saturated carbocycles. The van der Waals surface area contributed by atoms with Crippen molar-refractivity contribution in [3.63, 3.8) is 0 Å². The molecule has 1 heterocycles. The van der Waals surface area contributed by atoms with Crippen LogP contribution in [0.4, 0.5) is 0 Å². The first-order chi connectivity index (χ1) is 15.0. The van der Waals surface area contributed by atoms with Crippen LogP contribution in [-0.2, 0) is 9.59 Å². The molecular weight excluding hydrogens is 392 g/mol. The molecule has 0 unspecified atom stereocenters. The number of nitrogens with zero attached hydrogens (tertiary/aromatic N) is 1. The quantitative estimate of drug-likeness (QED) is 0.672. The number of rotatable bonds is 8. The van der Waals surface area contributed by atoms with Crippen molar-refractivity contribution in [2.24, 2.45) is 11.8 Å². The average molecular weight is 431 g/mol. The first kappa shape index (κ1) is 23.4. The SMILES string of the molecule is CCCOc1ccc(O[C@@H]2CCCC[C@@H]2NC(=O)C2CCN(C(=O)C(C)C)CC2)cc1. The molecule has 172 valence electrons. The molecule has 1 aromatic rings. The van der Waals surface area contributed by atoms with Gasteiger partial charge in [-0.2, -0.15) is 0 Å². The highest BCUT2D eigenvalue weighted by Crippen LogP contribution is 2.27. The molecule has 0 aromatic heterocycles. The van der Waals surface area contributed by atoms with Gasteiger partial charge in [0, 0.05) is 24.9 Å². The van der Waals surface area contributed by atoms with Gasteiger partial charge in [-0.05, 0) is 62.8 Å². The third kappa shape index (κ3) is 6.62. The predicted octanol–water partition coefficient (Wildman–Crippen LogP) is 4.18. The zero-order chi connectivity index (χ0) is 22.2. The van der Waals surface area contributed by atoms with Crippen LogP contribution in [0.15, 0.2) is 24.3 Å². The summed E-state index contributed by atoms with van der Waals surface area (Å²) in [7, 11) is 0. The maximum absolute atomic E-state index is 12.9. The van der Waals surface area contributed by atoms with Gasteiger partial charge in [-0.25, -0.2) is 0 Å². The van der Waals surface area contributed by atoms with E-state index in [1.165, 1.54) is 0 Å². The van der Waals surface area contributed by atoms with Crippen LogP contribution < -0.4 is 14.8 Å². The van der Waals surface area contributed by atoms with Gasteiger partial charge in [0.2, 0.25) is 11.8 Å². The second-order valence-corrected chi connectivity index (χ2v) is 9.13. The minimum Gasteiger partial charge on any atom is -0.494 e. The number of ether oxygens (including phenoxy) is 2. The summed E-state index contributed by atoms with van der Waals surface area (Å²) in [5, 5.41) is 3.27. The largest absolute Gasteiger partial charge is 0.494 e. The average Bonchev–Trinajstić information content (AvgIpc) is 2.79. The molecule has 0 bridgehead atoms. The molecule has 2 amide bonds. The Morgan fingerprint density at radius 3 is 2.32 bits per heavy atom. The van der Waals surface area contributed by atoms with E-state index in [2.05, 4.69) is 12.2 Å². The van der Waals surface area contributed by atoms with E-state index in [0.29, 0.717) is 19.7 Å². The van der Waals surface area contributed by atoms with Crippen molar-refractivity contribution in [1.29, 1.82) is 0 Å². The fourth-order valence-electron chi connectivity index (χ4n) is 4.44. The van der Waals surface area contributed by atoms with Gasteiger partial charge in [-0.3, -0.25) is 9.59 Å². The van der Waals surface area contributed by atoms with Gasteiger partial charge in [0.25, 0.3) is 0 Å². The lowest BCUT2D eigenvalue weighted by Gasteiger charge is -2.36. The second-order valence-electron chi connectivity index (χ2n) is 9.13.